The van der Waals surface area contributed by atoms with E-state index in [1.54, 1.807) is 0 Å². The summed E-state index contributed by atoms with van der Waals surface area (Å²) in [4.78, 5) is 4.42. The third-order valence-corrected chi connectivity index (χ3v) is 4.80. The van der Waals surface area contributed by atoms with Crippen LogP contribution in [0.5, 0.6) is 0 Å². The molecule has 2 aromatic rings. The number of piperidine rings is 1. The molecule has 1 aliphatic rings. The van der Waals surface area contributed by atoms with Crippen molar-refractivity contribution in [2.45, 2.75) is 44.9 Å². The number of hydrogen-bond donors (Lipinski definition) is 1. The van der Waals surface area contributed by atoms with Crippen molar-refractivity contribution in [3.05, 3.63) is 48.0 Å². The molecule has 0 unspecified atom stereocenters. The number of hydrogen-bond acceptors (Lipinski definition) is 2. The molecule has 0 spiro atoms. The lowest BCUT2D eigenvalue weighted by Gasteiger charge is -2.34. The fourth-order valence-electron chi connectivity index (χ4n) is 3.20. The van der Waals surface area contributed by atoms with Gasteiger partial charge in [-0.1, -0.05) is 32.9 Å². The van der Waals surface area contributed by atoms with Crippen molar-refractivity contribution in [2.75, 3.05) is 13.1 Å². The summed E-state index contributed by atoms with van der Waals surface area (Å²) in [5.74, 6) is 0.572. The summed E-state index contributed by atoms with van der Waals surface area (Å²) in [6.45, 7) is 9.01. The fraction of sp³-hybridized carbons (Fsp3) is 0.500. The van der Waals surface area contributed by atoms with Crippen LogP contribution in [0.15, 0.2) is 36.8 Å². The minimum Gasteiger partial charge on any atom is -0.317 e. The lowest BCUT2D eigenvalue weighted by molar-refractivity contribution is 0.324. The molecule has 1 aliphatic heterocycles. The second-order valence-corrected chi connectivity index (χ2v) is 6.71. The maximum absolute atomic E-state index is 4.42. The number of rotatable bonds is 3. The Kier molecular flexibility index (Phi) is 3.85. The third-order valence-electron chi connectivity index (χ3n) is 4.80. The zero-order valence-corrected chi connectivity index (χ0v) is 13.3. The van der Waals surface area contributed by atoms with Crippen molar-refractivity contribution in [2.24, 2.45) is 0 Å². The highest BCUT2D eigenvalue weighted by Gasteiger charge is 2.31. The summed E-state index contributed by atoms with van der Waals surface area (Å²) in [5, 5.41) is 3.45. The van der Waals surface area contributed by atoms with Crippen LogP contribution in [-0.2, 0) is 5.41 Å². The molecule has 21 heavy (non-hydrogen) atoms. The predicted octanol–water partition coefficient (Wildman–Crippen LogP) is 3.64. The molecule has 3 rings (SSSR count). The summed E-state index contributed by atoms with van der Waals surface area (Å²) in [6.07, 6.45) is 6.33. The summed E-state index contributed by atoms with van der Waals surface area (Å²) in [5.41, 5.74) is 4.15. The average Bonchev–Trinajstić information content (AvgIpc) is 2.98. The topological polar surface area (TPSA) is 29.9 Å². The normalized spacial score (nSPS) is 18.1. The zero-order chi connectivity index (χ0) is 14.9. The van der Waals surface area contributed by atoms with Crippen LogP contribution in [0.4, 0.5) is 0 Å². The molecule has 0 bridgehead atoms. The lowest BCUT2D eigenvalue weighted by Crippen LogP contribution is -2.38. The van der Waals surface area contributed by atoms with Gasteiger partial charge in [0, 0.05) is 23.0 Å². The molecule has 1 saturated heterocycles. The Morgan fingerprint density at radius 2 is 1.81 bits per heavy atom. The first kappa shape index (κ1) is 14.3. The van der Waals surface area contributed by atoms with Gasteiger partial charge in [-0.05, 0) is 49.5 Å². The van der Waals surface area contributed by atoms with Gasteiger partial charge >= 0.3 is 0 Å². The monoisotopic (exact) mass is 283 g/mol. The van der Waals surface area contributed by atoms with E-state index in [-0.39, 0.29) is 5.41 Å². The molecular weight excluding hydrogens is 258 g/mol. The van der Waals surface area contributed by atoms with Crippen molar-refractivity contribution in [3.63, 3.8) is 0 Å². The lowest BCUT2D eigenvalue weighted by atomic mass is 9.78. The smallest absolute Gasteiger partial charge is 0.0994 e. The largest absolute Gasteiger partial charge is 0.317 e. The van der Waals surface area contributed by atoms with Crippen LogP contribution in [-0.4, -0.2) is 22.6 Å². The van der Waals surface area contributed by atoms with Gasteiger partial charge in [-0.25, -0.2) is 4.98 Å². The van der Waals surface area contributed by atoms with Crippen LogP contribution < -0.4 is 5.32 Å². The molecule has 1 fully saturated rings. The quantitative estimate of drug-likeness (QED) is 0.932. The predicted molar refractivity (Wildman–Crippen MR) is 87.1 cm³/mol. The molecular formula is C18H25N3. The van der Waals surface area contributed by atoms with Crippen molar-refractivity contribution >= 4 is 0 Å². The maximum atomic E-state index is 4.42. The Morgan fingerprint density at radius 3 is 2.43 bits per heavy atom. The Hall–Kier alpha value is -1.61. The molecule has 0 amide bonds. The summed E-state index contributed by atoms with van der Waals surface area (Å²) in [7, 11) is 0. The number of imidazole rings is 1. The zero-order valence-electron chi connectivity index (χ0n) is 13.3. The van der Waals surface area contributed by atoms with Crippen LogP contribution >= 0.6 is 0 Å². The Labute approximate surface area is 127 Å². The van der Waals surface area contributed by atoms with E-state index >= 15 is 0 Å². The molecule has 3 heteroatoms. The van der Waals surface area contributed by atoms with Gasteiger partial charge < -0.3 is 9.88 Å². The molecule has 2 heterocycles. The Balaban J connectivity index is 1.95. The van der Waals surface area contributed by atoms with E-state index in [4.69, 9.17) is 0 Å². The first-order valence-corrected chi connectivity index (χ1v) is 7.94. The molecule has 0 radical (unpaired) electrons. The number of nitrogens with zero attached hydrogens (tertiary/aromatic N) is 2. The van der Waals surface area contributed by atoms with Crippen molar-refractivity contribution in [1.29, 1.82) is 0 Å². The van der Waals surface area contributed by atoms with Gasteiger partial charge in [0.25, 0.3) is 0 Å². The number of aromatic nitrogens is 2. The molecule has 1 N–H and O–H groups in total. The van der Waals surface area contributed by atoms with Gasteiger partial charge in [-0.3, -0.25) is 0 Å². The summed E-state index contributed by atoms with van der Waals surface area (Å²) in [6, 6.07) is 8.89. The first-order chi connectivity index (χ1) is 10.1. The van der Waals surface area contributed by atoms with E-state index in [2.05, 4.69) is 59.9 Å². The van der Waals surface area contributed by atoms with Gasteiger partial charge in [0.15, 0.2) is 0 Å². The Morgan fingerprint density at radius 1 is 1.14 bits per heavy atom. The highest BCUT2D eigenvalue weighted by atomic mass is 15.1. The molecule has 3 nitrogen and oxygen atoms in total. The van der Waals surface area contributed by atoms with Gasteiger partial charge in [-0.2, -0.15) is 0 Å². The van der Waals surface area contributed by atoms with Crippen molar-refractivity contribution in [1.82, 2.24) is 14.9 Å². The van der Waals surface area contributed by atoms with E-state index in [9.17, 15) is 0 Å². The van der Waals surface area contributed by atoms with Crippen LogP contribution in [0.3, 0.4) is 0 Å². The van der Waals surface area contributed by atoms with Crippen molar-refractivity contribution < 1.29 is 0 Å². The van der Waals surface area contributed by atoms with E-state index in [0.29, 0.717) is 5.92 Å². The molecule has 1 aromatic heterocycles. The molecule has 0 atom stereocenters. The third kappa shape index (κ3) is 2.75. The van der Waals surface area contributed by atoms with E-state index in [1.165, 1.54) is 29.8 Å². The Bertz CT molecular complexity index is 589. The van der Waals surface area contributed by atoms with E-state index < -0.39 is 0 Å². The van der Waals surface area contributed by atoms with Crippen molar-refractivity contribution in [3.8, 4) is 5.69 Å². The number of benzene rings is 1. The highest BCUT2D eigenvalue weighted by Crippen LogP contribution is 2.34. The summed E-state index contributed by atoms with van der Waals surface area (Å²) >= 11 is 0. The minimum absolute atomic E-state index is 0.221. The second kappa shape index (κ2) is 5.64. The van der Waals surface area contributed by atoms with Crippen LogP contribution in [0, 0.1) is 0 Å². The standard InChI is InChI=1S/C18H25N3/c1-14(2)15-4-6-16(7-5-15)21-13-20-12-17(21)18(3)8-10-19-11-9-18/h4-7,12-14,19H,8-11H2,1-3H3. The SMILES string of the molecule is CC(C)c1ccc(-n2cncc2C2(C)CCNCC2)cc1. The summed E-state index contributed by atoms with van der Waals surface area (Å²) < 4.78 is 2.26. The number of nitrogens with one attached hydrogen (secondary N) is 1. The van der Waals surface area contributed by atoms with Gasteiger partial charge in [0.05, 0.1) is 6.33 Å². The van der Waals surface area contributed by atoms with E-state index in [0.717, 1.165) is 13.1 Å². The minimum atomic E-state index is 0.221. The fourth-order valence-corrected chi connectivity index (χ4v) is 3.20. The molecule has 1 aromatic carbocycles. The van der Waals surface area contributed by atoms with Crippen LogP contribution in [0.25, 0.3) is 5.69 Å². The van der Waals surface area contributed by atoms with Gasteiger partial charge in [0.2, 0.25) is 0 Å². The van der Waals surface area contributed by atoms with Gasteiger partial charge in [0.1, 0.15) is 0 Å². The maximum Gasteiger partial charge on any atom is 0.0994 e. The van der Waals surface area contributed by atoms with Crippen LogP contribution in [0.1, 0.15) is 50.8 Å². The molecule has 0 saturated carbocycles. The van der Waals surface area contributed by atoms with Crippen LogP contribution in [0.2, 0.25) is 0 Å². The molecule has 112 valence electrons. The highest BCUT2D eigenvalue weighted by molar-refractivity contribution is 5.38. The first-order valence-electron chi connectivity index (χ1n) is 7.94. The second-order valence-electron chi connectivity index (χ2n) is 6.71. The molecule has 0 aliphatic carbocycles. The van der Waals surface area contributed by atoms with Gasteiger partial charge in [-0.15, -0.1) is 0 Å². The average molecular weight is 283 g/mol. The van der Waals surface area contributed by atoms with E-state index in [1.807, 2.05) is 12.5 Å².